The molecule has 16 heavy (non-hydrogen) atoms. The van der Waals surface area contributed by atoms with E-state index in [1.54, 1.807) is 12.1 Å². The molecule has 0 aliphatic carbocycles. The zero-order chi connectivity index (χ0) is 11.9. The van der Waals surface area contributed by atoms with E-state index in [2.05, 4.69) is 47.8 Å². The van der Waals surface area contributed by atoms with Crippen LogP contribution in [-0.4, -0.2) is 5.78 Å². The molecule has 84 valence electrons. The van der Waals surface area contributed by atoms with Crippen LogP contribution in [0.15, 0.2) is 24.9 Å². The molecule has 0 bridgehead atoms. The lowest BCUT2D eigenvalue weighted by Gasteiger charge is -1.90. The van der Waals surface area contributed by atoms with E-state index in [9.17, 15) is 4.79 Å². The maximum absolute atomic E-state index is 12.1. The van der Waals surface area contributed by atoms with Crippen LogP contribution in [0.4, 0.5) is 0 Å². The molecule has 2 rings (SSSR count). The molecule has 0 radical (unpaired) electrons. The van der Waals surface area contributed by atoms with Crippen molar-refractivity contribution in [2.45, 2.75) is 0 Å². The molecular formula is C9H2Br3ClOS2. The minimum Gasteiger partial charge on any atom is -0.287 e. The number of carbonyl (C=O) groups excluding carboxylic acids is 1. The van der Waals surface area contributed by atoms with Crippen molar-refractivity contribution in [1.29, 1.82) is 0 Å². The van der Waals surface area contributed by atoms with Gasteiger partial charge in [-0.1, -0.05) is 11.6 Å². The topological polar surface area (TPSA) is 17.1 Å². The number of hydrogen-bond donors (Lipinski definition) is 0. The van der Waals surface area contributed by atoms with Gasteiger partial charge < -0.3 is 0 Å². The van der Waals surface area contributed by atoms with E-state index in [4.69, 9.17) is 11.6 Å². The molecule has 1 nitrogen and oxygen atoms in total. The Labute approximate surface area is 130 Å². The molecule has 0 aliphatic heterocycles. The molecule has 0 atom stereocenters. The number of carbonyl (C=O) groups is 1. The second-order valence-corrected chi connectivity index (χ2v) is 8.53. The lowest BCUT2D eigenvalue weighted by molar-refractivity contribution is 0.104. The maximum Gasteiger partial charge on any atom is 0.213 e. The first-order valence-electron chi connectivity index (χ1n) is 3.93. The van der Waals surface area contributed by atoms with Gasteiger partial charge in [0.05, 0.1) is 13.5 Å². The first kappa shape index (κ1) is 13.2. The molecule has 0 saturated heterocycles. The van der Waals surface area contributed by atoms with Gasteiger partial charge in [0.2, 0.25) is 5.78 Å². The largest absolute Gasteiger partial charge is 0.287 e. The summed E-state index contributed by atoms with van der Waals surface area (Å²) in [6, 6.07) is 3.55. The van der Waals surface area contributed by atoms with Crippen molar-refractivity contribution in [1.82, 2.24) is 0 Å². The molecule has 2 heterocycles. The molecule has 2 aromatic heterocycles. The van der Waals surface area contributed by atoms with E-state index in [1.807, 2.05) is 0 Å². The van der Waals surface area contributed by atoms with Gasteiger partial charge in [-0.25, -0.2) is 0 Å². The van der Waals surface area contributed by atoms with Crippen LogP contribution in [0.25, 0.3) is 0 Å². The van der Waals surface area contributed by atoms with Crippen LogP contribution in [0.1, 0.15) is 14.5 Å². The van der Waals surface area contributed by atoms with E-state index in [-0.39, 0.29) is 5.78 Å². The van der Waals surface area contributed by atoms with Crippen molar-refractivity contribution in [3.05, 3.63) is 39.0 Å². The summed E-state index contributed by atoms with van der Waals surface area (Å²) in [5.74, 6) is -0.00556. The van der Waals surface area contributed by atoms with Crippen molar-refractivity contribution in [2.75, 3.05) is 0 Å². The predicted molar refractivity (Wildman–Crippen MR) is 80.2 cm³/mol. The third kappa shape index (κ3) is 2.62. The van der Waals surface area contributed by atoms with Crippen molar-refractivity contribution in [3.63, 3.8) is 0 Å². The molecule has 0 fully saturated rings. The first-order valence-corrected chi connectivity index (χ1v) is 8.32. The number of thiophene rings is 2. The molecule has 0 unspecified atom stereocenters. The fourth-order valence-electron chi connectivity index (χ4n) is 1.04. The van der Waals surface area contributed by atoms with Crippen LogP contribution < -0.4 is 0 Å². The summed E-state index contributed by atoms with van der Waals surface area (Å²) < 4.78 is 3.16. The van der Waals surface area contributed by atoms with E-state index in [1.165, 1.54) is 22.7 Å². The number of hydrogen-bond acceptors (Lipinski definition) is 3. The highest BCUT2D eigenvalue weighted by molar-refractivity contribution is 9.13. The quantitative estimate of drug-likeness (QED) is 0.499. The second-order valence-electron chi connectivity index (χ2n) is 2.79. The Bertz CT molecular complexity index is 474. The Morgan fingerprint density at radius 1 is 1.06 bits per heavy atom. The Morgan fingerprint density at radius 2 is 1.62 bits per heavy atom. The zero-order valence-corrected chi connectivity index (χ0v) is 14.5. The predicted octanol–water partition coefficient (Wildman–Crippen LogP) is 5.98. The van der Waals surface area contributed by atoms with Crippen molar-refractivity contribution in [2.24, 2.45) is 0 Å². The van der Waals surface area contributed by atoms with Crippen molar-refractivity contribution in [3.8, 4) is 0 Å². The van der Waals surface area contributed by atoms with Gasteiger partial charge in [0, 0.05) is 8.95 Å². The molecule has 0 aromatic carbocycles. The molecular weight excluding hydrogens is 463 g/mol. The number of halogens is 4. The summed E-state index contributed by atoms with van der Waals surface area (Å²) in [4.78, 5) is 13.4. The minimum atomic E-state index is -0.00556. The summed E-state index contributed by atoms with van der Waals surface area (Å²) in [6.07, 6.45) is 0. The van der Waals surface area contributed by atoms with Gasteiger partial charge in [0.15, 0.2) is 0 Å². The van der Waals surface area contributed by atoms with Gasteiger partial charge in [-0.2, -0.15) is 0 Å². The normalized spacial score (nSPS) is 10.8. The van der Waals surface area contributed by atoms with Crippen LogP contribution in [0.5, 0.6) is 0 Å². The van der Waals surface area contributed by atoms with E-state index < -0.39 is 0 Å². The average Bonchev–Trinajstić information content (AvgIpc) is 2.72. The zero-order valence-electron chi connectivity index (χ0n) is 7.39. The summed E-state index contributed by atoms with van der Waals surface area (Å²) in [7, 11) is 0. The number of ketones is 1. The van der Waals surface area contributed by atoms with Gasteiger partial charge in [-0.15, -0.1) is 22.7 Å². The highest BCUT2D eigenvalue weighted by Gasteiger charge is 2.17. The first-order chi connectivity index (χ1) is 7.49. The lowest BCUT2D eigenvalue weighted by atomic mass is 10.3. The molecule has 0 N–H and O–H groups in total. The molecule has 0 aliphatic rings. The summed E-state index contributed by atoms with van der Waals surface area (Å²) in [5.41, 5.74) is 0. The molecule has 0 saturated carbocycles. The van der Waals surface area contributed by atoms with Crippen molar-refractivity contribution >= 4 is 87.8 Å². The summed E-state index contributed by atoms with van der Waals surface area (Å²) in [6.45, 7) is 0. The molecule has 0 spiro atoms. The van der Waals surface area contributed by atoms with Crippen LogP contribution >= 0.6 is 82.1 Å². The average molecular weight is 465 g/mol. The summed E-state index contributed by atoms with van der Waals surface area (Å²) >= 11 is 18.6. The smallest absolute Gasteiger partial charge is 0.213 e. The summed E-state index contributed by atoms with van der Waals surface area (Å²) in [5, 5.41) is 0. The molecule has 0 amide bonds. The number of rotatable bonds is 2. The standard InChI is InChI=1S/C9H2Br3ClOS2/c10-3-1-5(15-8(3)12)7(14)6-2-4(11)9(13)16-6/h1-2H. The minimum absolute atomic E-state index is 0.00556. The Kier molecular flexibility index (Phi) is 4.30. The van der Waals surface area contributed by atoms with Crippen LogP contribution in [-0.2, 0) is 0 Å². The van der Waals surface area contributed by atoms with Crippen LogP contribution in [0.3, 0.4) is 0 Å². The van der Waals surface area contributed by atoms with E-state index in [0.717, 1.165) is 12.7 Å². The third-order valence-corrected chi connectivity index (χ3v) is 7.47. The van der Waals surface area contributed by atoms with Crippen molar-refractivity contribution < 1.29 is 4.79 Å². The van der Waals surface area contributed by atoms with Crippen LogP contribution in [0.2, 0.25) is 4.34 Å². The second kappa shape index (κ2) is 5.20. The van der Waals surface area contributed by atoms with Gasteiger partial charge >= 0.3 is 0 Å². The van der Waals surface area contributed by atoms with Gasteiger partial charge in [-0.05, 0) is 59.9 Å². The van der Waals surface area contributed by atoms with E-state index >= 15 is 0 Å². The Balaban J connectivity index is 2.38. The Hall–Kier alpha value is 0.800. The van der Waals surface area contributed by atoms with Gasteiger partial charge in [0.1, 0.15) is 4.34 Å². The SMILES string of the molecule is O=C(c1cc(Br)c(Cl)s1)c1cc(Br)c(Br)s1. The third-order valence-electron chi connectivity index (χ3n) is 1.74. The monoisotopic (exact) mass is 462 g/mol. The van der Waals surface area contributed by atoms with Crippen LogP contribution in [0, 0.1) is 0 Å². The van der Waals surface area contributed by atoms with Gasteiger partial charge in [0.25, 0.3) is 0 Å². The lowest BCUT2D eigenvalue weighted by Crippen LogP contribution is -1.93. The highest BCUT2D eigenvalue weighted by Crippen LogP contribution is 2.37. The highest BCUT2D eigenvalue weighted by atomic mass is 79.9. The molecule has 7 heteroatoms. The Morgan fingerprint density at radius 3 is 2.06 bits per heavy atom. The molecule has 2 aromatic rings. The fourth-order valence-corrected chi connectivity index (χ4v) is 4.75. The fraction of sp³-hybridized carbons (Fsp3) is 0. The van der Waals surface area contributed by atoms with E-state index in [0.29, 0.717) is 14.1 Å². The van der Waals surface area contributed by atoms with Gasteiger partial charge in [-0.3, -0.25) is 4.79 Å². The maximum atomic E-state index is 12.1.